The van der Waals surface area contributed by atoms with E-state index in [2.05, 4.69) is 16.7 Å². The lowest BCUT2D eigenvalue weighted by atomic mass is 9.89. The molecule has 0 amide bonds. The van der Waals surface area contributed by atoms with Crippen molar-refractivity contribution in [3.05, 3.63) is 57.2 Å². The Kier molecular flexibility index (Phi) is 6.65. The summed E-state index contributed by atoms with van der Waals surface area (Å²) >= 11 is 0. The molecule has 5 rings (SSSR count). The summed E-state index contributed by atoms with van der Waals surface area (Å²) in [7, 11) is 1.82. The number of epoxide rings is 1. The molecule has 4 heterocycles. The molecule has 1 aromatic heterocycles. The van der Waals surface area contributed by atoms with Crippen LogP contribution in [0.1, 0.15) is 44.4 Å². The fourth-order valence-corrected chi connectivity index (χ4v) is 5.33. The average Bonchev–Trinajstić information content (AvgIpc) is 3.56. The highest BCUT2D eigenvalue weighted by molar-refractivity contribution is 5.87. The molecular formula is C28H35N3O7. The molecule has 0 saturated carbocycles. The molecule has 2 aromatic rings. The number of dihydropyridines is 1. The maximum atomic E-state index is 13.6. The van der Waals surface area contributed by atoms with Crippen molar-refractivity contribution in [3.8, 4) is 11.5 Å². The number of carbonyl (C=O) groups is 1. The van der Waals surface area contributed by atoms with Gasteiger partial charge in [-0.2, -0.15) is 0 Å². The van der Waals surface area contributed by atoms with Crippen molar-refractivity contribution in [3.63, 3.8) is 0 Å². The monoisotopic (exact) mass is 525 g/mol. The number of aryl methyl sites for hydroxylation is 1. The SMILES string of the molecule is CNCC[C@]1(C(=O)O[C@@H]2Cc3c(cc4oc(C)cc(=O)c4c3O)OC2(C)C)O[C@@H]1CCC1=CCNC(N)=C1. The number of esters is 1. The number of allylic oxidation sites excluding steroid dienone is 2. The van der Waals surface area contributed by atoms with E-state index in [0.717, 1.165) is 12.0 Å². The van der Waals surface area contributed by atoms with Crippen molar-refractivity contribution >= 4 is 16.9 Å². The van der Waals surface area contributed by atoms with Gasteiger partial charge in [-0.15, -0.1) is 0 Å². The van der Waals surface area contributed by atoms with Crippen LogP contribution >= 0.6 is 0 Å². The summed E-state index contributed by atoms with van der Waals surface area (Å²) in [5.74, 6) is 0.798. The van der Waals surface area contributed by atoms with Crippen LogP contribution in [-0.2, 0) is 20.7 Å². The zero-order valence-corrected chi connectivity index (χ0v) is 22.2. The Balaban J connectivity index is 1.36. The van der Waals surface area contributed by atoms with Crippen molar-refractivity contribution < 1.29 is 28.5 Å². The van der Waals surface area contributed by atoms with E-state index in [1.165, 1.54) is 6.07 Å². The minimum absolute atomic E-state index is 0.0840. The summed E-state index contributed by atoms with van der Waals surface area (Å²) in [6.45, 7) is 6.59. The van der Waals surface area contributed by atoms with Crippen LogP contribution < -0.4 is 26.5 Å². The van der Waals surface area contributed by atoms with E-state index in [1.54, 1.807) is 13.0 Å². The van der Waals surface area contributed by atoms with Crippen LogP contribution in [0, 0.1) is 6.92 Å². The summed E-state index contributed by atoms with van der Waals surface area (Å²) in [5, 5.41) is 17.2. The summed E-state index contributed by atoms with van der Waals surface area (Å²) in [5.41, 5.74) is 5.35. The second-order valence-corrected chi connectivity index (χ2v) is 10.7. The highest BCUT2D eigenvalue weighted by atomic mass is 16.7. The van der Waals surface area contributed by atoms with Crippen molar-refractivity contribution in [2.75, 3.05) is 20.1 Å². The van der Waals surface area contributed by atoms with Gasteiger partial charge in [0.05, 0.1) is 11.9 Å². The smallest absolute Gasteiger partial charge is 0.341 e. The number of ether oxygens (including phenoxy) is 3. The molecule has 1 aromatic carbocycles. The summed E-state index contributed by atoms with van der Waals surface area (Å²) in [4.78, 5) is 26.2. The highest BCUT2D eigenvalue weighted by Crippen LogP contribution is 2.47. The Bertz CT molecular complexity index is 1390. The number of rotatable bonds is 8. The van der Waals surface area contributed by atoms with Crippen LogP contribution in [0.5, 0.6) is 11.5 Å². The Morgan fingerprint density at radius 1 is 1.34 bits per heavy atom. The molecule has 3 atom stereocenters. The van der Waals surface area contributed by atoms with Gasteiger partial charge in [0.1, 0.15) is 39.9 Å². The molecule has 0 spiro atoms. The van der Waals surface area contributed by atoms with Gasteiger partial charge >= 0.3 is 5.97 Å². The van der Waals surface area contributed by atoms with E-state index < -0.39 is 23.3 Å². The van der Waals surface area contributed by atoms with Crippen molar-refractivity contribution in [2.24, 2.45) is 5.73 Å². The van der Waals surface area contributed by atoms with Crippen LogP contribution in [0.2, 0.25) is 0 Å². The molecule has 0 aliphatic carbocycles. The number of phenolic OH excluding ortho intramolecular Hbond substituents is 1. The van der Waals surface area contributed by atoms with Gasteiger partial charge in [-0.3, -0.25) is 4.79 Å². The normalized spacial score (nSPS) is 25.5. The molecule has 1 saturated heterocycles. The van der Waals surface area contributed by atoms with Crippen LogP contribution in [0.15, 0.2) is 44.9 Å². The summed E-state index contributed by atoms with van der Waals surface area (Å²) in [6.07, 6.45) is 5.01. The number of hydrogen-bond acceptors (Lipinski definition) is 10. The minimum Gasteiger partial charge on any atom is -0.507 e. The molecule has 10 nitrogen and oxygen atoms in total. The standard InChI is InChI=1S/C28H35N3O7/c1-15-11-18(32)24-20(35-15)14-19-17(25(24)33)13-22(27(2,3)37-19)36-26(34)28(8-10-30-4)21(38-28)6-5-16-7-9-31-23(29)12-16/h7,11-12,14,21-22,30-31,33H,5-6,8-10,13,29H2,1-4H3/t21-,22-,28+/m1/s1. The van der Waals surface area contributed by atoms with E-state index in [0.29, 0.717) is 48.8 Å². The molecule has 1 fully saturated rings. The Hall–Kier alpha value is -3.50. The number of nitrogens with one attached hydrogen (secondary N) is 2. The van der Waals surface area contributed by atoms with Gasteiger partial charge < -0.3 is 40.1 Å². The van der Waals surface area contributed by atoms with Crippen LogP contribution in [-0.4, -0.2) is 54.6 Å². The molecule has 10 heteroatoms. The fraction of sp³-hybridized carbons (Fsp3) is 0.500. The van der Waals surface area contributed by atoms with E-state index >= 15 is 0 Å². The maximum Gasteiger partial charge on any atom is 0.341 e. The average molecular weight is 526 g/mol. The van der Waals surface area contributed by atoms with Gasteiger partial charge in [-0.1, -0.05) is 6.08 Å². The first kappa shape index (κ1) is 26.1. The first-order valence-electron chi connectivity index (χ1n) is 13.0. The van der Waals surface area contributed by atoms with Gasteiger partial charge in [0.2, 0.25) is 0 Å². The molecule has 5 N–H and O–H groups in total. The second-order valence-electron chi connectivity index (χ2n) is 10.7. The Morgan fingerprint density at radius 3 is 2.87 bits per heavy atom. The van der Waals surface area contributed by atoms with Gasteiger partial charge in [0.15, 0.2) is 11.0 Å². The number of benzene rings is 1. The van der Waals surface area contributed by atoms with Gasteiger partial charge in [0, 0.05) is 37.1 Å². The molecular weight excluding hydrogens is 490 g/mol. The van der Waals surface area contributed by atoms with Gasteiger partial charge in [-0.25, -0.2) is 4.79 Å². The second kappa shape index (κ2) is 9.67. The zero-order valence-electron chi connectivity index (χ0n) is 22.2. The zero-order chi connectivity index (χ0) is 27.2. The van der Waals surface area contributed by atoms with E-state index in [4.69, 9.17) is 24.4 Å². The molecule has 0 unspecified atom stereocenters. The van der Waals surface area contributed by atoms with Crippen molar-refractivity contribution in [1.29, 1.82) is 0 Å². The lowest BCUT2D eigenvalue weighted by Gasteiger charge is -2.39. The third kappa shape index (κ3) is 4.74. The van der Waals surface area contributed by atoms with E-state index in [1.807, 2.05) is 27.0 Å². The third-order valence-electron chi connectivity index (χ3n) is 7.58. The van der Waals surface area contributed by atoms with Gasteiger partial charge in [-0.05, 0) is 58.9 Å². The largest absolute Gasteiger partial charge is 0.507 e. The number of carbonyl (C=O) groups excluding carboxylic acids is 1. The number of nitrogens with two attached hydrogens (primary N) is 1. The topological polar surface area (TPSA) is 149 Å². The first-order valence-corrected chi connectivity index (χ1v) is 13.0. The third-order valence-corrected chi connectivity index (χ3v) is 7.58. The lowest BCUT2D eigenvalue weighted by molar-refractivity contribution is -0.167. The first-order chi connectivity index (χ1) is 18.0. The molecule has 38 heavy (non-hydrogen) atoms. The van der Waals surface area contributed by atoms with Crippen LogP contribution in [0.3, 0.4) is 0 Å². The minimum atomic E-state index is -1.05. The Labute approximate surface area is 220 Å². The summed E-state index contributed by atoms with van der Waals surface area (Å²) < 4.78 is 23.9. The van der Waals surface area contributed by atoms with Crippen molar-refractivity contribution in [1.82, 2.24) is 10.6 Å². The number of phenols is 1. The maximum absolute atomic E-state index is 13.6. The molecule has 3 aliphatic rings. The lowest BCUT2D eigenvalue weighted by Crippen LogP contribution is -2.50. The predicted octanol–water partition coefficient (Wildman–Crippen LogP) is 2.29. The highest BCUT2D eigenvalue weighted by Gasteiger charge is 2.63. The van der Waals surface area contributed by atoms with E-state index in [-0.39, 0.29) is 34.7 Å². The van der Waals surface area contributed by atoms with E-state index in [9.17, 15) is 14.7 Å². The molecule has 0 radical (unpaired) electrons. The quantitative estimate of drug-likeness (QED) is 0.299. The fourth-order valence-electron chi connectivity index (χ4n) is 5.33. The van der Waals surface area contributed by atoms with Gasteiger partial charge in [0.25, 0.3) is 0 Å². The number of aromatic hydroxyl groups is 1. The predicted molar refractivity (Wildman–Crippen MR) is 141 cm³/mol. The summed E-state index contributed by atoms with van der Waals surface area (Å²) in [6, 6.07) is 2.95. The molecule has 3 aliphatic heterocycles. The van der Waals surface area contributed by atoms with Crippen LogP contribution in [0.4, 0.5) is 0 Å². The molecule has 0 bridgehead atoms. The van der Waals surface area contributed by atoms with Crippen molar-refractivity contribution in [2.45, 2.75) is 69.9 Å². The number of fused-ring (bicyclic) bond motifs is 2. The Morgan fingerprint density at radius 2 is 2.13 bits per heavy atom. The number of hydrogen-bond donors (Lipinski definition) is 4. The molecule has 204 valence electrons. The van der Waals surface area contributed by atoms with Crippen LogP contribution in [0.25, 0.3) is 11.0 Å².